The molecule has 0 saturated carbocycles. The van der Waals surface area contributed by atoms with E-state index in [1.807, 2.05) is 24.7 Å². The molecule has 6 heteroatoms. The Morgan fingerprint density at radius 3 is 2.65 bits per heavy atom. The van der Waals surface area contributed by atoms with E-state index in [0.29, 0.717) is 10.0 Å². The Kier molecular flexibility index (Phi) is 4.82. The van der Waals surface area contributed by atoms with Gasteiger partial charge in [0.2, 0.25) is 0 Å². The van der Waals surface area contributed by atoms with E-state index in [0.717, 1.165) is 16.6 Å². The minimum absolute atomic E-state index is 0.0909. The van der Waals surface area contributed by atoms with E-state index >= 15 is 0 Å². The fourth-order valence-corrected chi connectivity index (χ4v) is 4.28. The van der Waals surface area contributed by atoms with Crippen LogP contribution in [0.15, 0.2) is 65.8 Å². The van der Waals surface area contributed by atoms with Crippen molar-refractivity contribution in [3.63, 3.8) is 0 Å². The molecule has 0 spiro atoms. The molecule has 2 heterocycles. The maximum Gasteiger partial charge on any atom is 0.0954 e. The van der Waals surface area contributed by atoms with Crippen molar-refractivity contribution in [2.75, 3.05) is 0 Å². The molecule has 132 valence electrons. The lowest BCUT2D eigenvalue weighted by Crippen LogP contribution is -2.11. The third kappa shape index (κ3) is 3.07. The highest BCUT2D eigenvalue weighted by atomic mass is 79.9. The van der Waals surface area contributed by atoms with Crippen molar-refractivity contribution in [3.8, 4) is 0 Å². The fourth-order valence-electron chi connectivity index (χ4n) is 3.41. The molecule has 0 amide bonds. The summed E-state index contributed by atoms with van der Waals surface area (Å²) >= 11 is 16.3. The maximum absolute atomic E-state index is 6.58. The first-order valence-corrected chi connectivity index (χ1v) is 9.84. The van der Waals surface area contributed by atoms with Crippen molar-refractivity contribution in [1.82, 2.24) is 14.1 Å². The van der Waals surface area contributed by atoms with Gasteiger partial charge in [0.25, 0.3) is 0 Å². The average Bonchev–Trinajstić information content (AvgIpc) is 3.25. The van der Waals surface area contributed by atoms with Gasteiger partial charge in [-0.15, -0.1) is 0 Å². The van der Waals surface area contributed by atoms with Gasteiger partial charge >= 0.3 is 0 Å². The lowest BCUT2D eigenvalue weighted by molar-refractivity contribution is 0.674. The first kappa shape index (κ1) is 17.7. The van der Waals surface area contributed by atoms with Gasteiger partial charge in [-0.05, 0) is 42.8 Å². The normalized spacial score (nSPS) is 12.6. The van der Waals surface area contributed by atoms with Gasteiger partial charge in [-0.1, -0.05) is 45.2 Å². The van der Waals surface area contributed by atoms with E-state index in [9.17, 15) is 0 Å². The molecular formula is C20H16BrCl2N3. The van der Waals surface area contributed by atoms with Crippen molar-refractivity contribution in [2.45, 2.75) is 19.5 Å². The van der Waals surface area contributed by atoms with Gasteiger partial charge in [0.1, 0.15) is 0 Å². The van der Waals surface area contributed by atoms with Crippen LogP contribution in [0.1, 0.15) is 24.1 Å². The number of aryl methyl sites for hydroxylation is 1. The van der Waals surface area contributed by atoms with Crippen LogP contribution in [0.2, 0.25) is 10.0 Å². The number of halogens is 3. The topological polar surface area (TPSA) is 22.8 Å². The highest BCUT2D eigenvalue weighted by Gasteiger charge is 2.23. The summed E-state index contributed by atoms with van der Waals surface area (Å²) in [5.41, 5.74) is 3.36. The number of rotatable bonds is 4. The Morgan fingerprint density at radius 1 is 1.12 bits per heavy atom. The Balaban J connectivity index is 2.01. The first-order chi connectivity index (χ1) is 12.6. The van der Waals surface area contributed by atoms with Crippen LogP contribution in [0.3, 0.4) is 0 Å². The molecule has 1 unspecified atom stereocenters. The van der Waals surface area contributed by atoms with Crippen LogP contribution in [0.5, 0.6) is 0 Å². The highest BCUT2D eigenvalue weighted by molar-refractivity contribution is 9.10. The van der Waals surface area contributed by atoms with Crippen LogP contribution >= 0.6 is 39.1 Å². The molecule has 0 aliphatic heterocycles. The van der Waals surface area contributed by atoms with Crippen LogP contribution in [0.4, 0.5) is 0 Å². The van der Waals surface area contributed by atoms with E-state index < -0.39 is 0 Å². The number of benzene rings is 2. The molecule has 0 aliphatic rings. The third-order valence-electron chi connectivity index (χ3n) is 4.59. The summed E-state index contributed by atoms with van der Waals surface area (Å²) < 4.78 is 5.38. The summed E-state index contributed by atoms with van der Waals surface area (Å²) in [4.78, 5) is 4.24. The lowest BCUT2D eigenvalue weighted by Gasteiger charge is -2.20. The standard InChI is InChI=1S/C20H16BrCl2N3/c1-2-25-11-17(16-9-13(21)3-6-19(16)25)20(26-8-7-24-12-26)15-5-4-14(22)10-18(15)23/h3-12,20H,2H2,1H3. The summed E-state index contributed by atoms with van der Waals surface area (Å²) in [7, 11) is 0. The molecule has 3 nitrogen and oxygen atoms in total. The number of aromatic nitrogens is 3. The van der Waals surface area contributed by atoms with Gasteiger partial charge in [-0.2, -0.15) is 0 Å². The van der Waals surface area contributed by atoms with Gasteiger partial charge < -0.3 is 9.13 Å². The van der Waals surface area contributed by atoms with Gasteiger partial charge in [0.15, 0.2) is 0 Å². The number of fused-ring (bicyclic) bond motifs is 1. The Bertz CT molecular complexity index is 1070. The van der Waals surface area contributed by atoms with Gasteiger partial charge in [-0.3, -0.25) is 0 Å². The molecule has 2 aromatic carbocycles. The zero-order chi connectivity index (χ0) is 18.3. The zero-order valence-electron chi connectivity index (χ0n) is 14.0. The second kappa shape index (κ2) is 7.10. The molecule has 0 fully saturated rings. The summed E-state index contributed by atoms with van der Waals surface area (Å²) in [5, 5.41) is 2.45. The average molecular weight is 449 g/mol. The van der Waals surface area contributed by atoms with E-state index in [2.05, 4.69) is 61.4 Å². The monoisotopic (exact) mass is 447 g/mol. The number of hydrogen-bond donors (Lipinski definition) is 0. The second-order valence-electron chi connectivity index (χ2n) is 6.11. The lowest BCUT2D eigenvalue weighted by atomic mass is 9.98. The number of imidazole rings is 1. The van der Waals surface area contributed by atoms with Gasteiger partial charge in [0, 0.05) is 56.1 Å². The maximum atomic E-state index is 6.58. The Hall–Kier alpha value is -1.75. The molecule has 0 aliphatic carbocycles. The van der Waals surface area contributed by atoms with Crippen molar-refractivity contribution >= 4 is 50.0 Å². The van der Waals surface area contributed by atoms with Gasteiger partial charge in [0.05, 0.1) is 12.4 Å². The molecular weight excluding hydrogens is 433 g/mol. The second-order valence-corrected chi connectivity index (χ2v) is 7.87. The molecule has 26 heavy (non-hydrogen) atoms. The molecule has 0 saturated heterocycles. The fraction of sp³-hybridized carbons (Fsp3) is 0.150. The van der Waals surface area contributed by atoms with Gasteiger partial charge in [-0.25, -0.2) is 4.98 Å². The predicted molar refractivity (Wildman–Crippen MR) is 111 cm³/mol. The van der Waals surface area contributed by atoms with Crippen molar-refractivity contribution < 1.29 is 0 Å². The molecule has 0 N–H and O–H groups in total. The summed E-state index contributed by atoms with van der Waals surface area (Å²) in [6.45, 7) is 3.04. The molecule has 4 aromatic rings. The highest BCUT2D eigenvalue weighted by Crippen LogP contribution is 2.38. The van der Waals surface area contributed by atoms with Crippen LogP contribution in [-0.4, -0.2) is 14.1 Å². The van der Waals surface area contributed by atoms with Crippen LogP contribution in [-0.2, 0) is 6.54 Å². The van der Waals surface area contributed by atoms with Crippen molar-refractivity contribution in [3.05, 3.63) is 87.0 Å². The van der Waals surface area contributed by atoms with E-state index in [1.165, 1.54) is 16.5 Å². The number of nitrogens with zero attached hydrogens (tertiary/aromatic N) is 3. The predicted octanol–water partition coefficient (Wildman–Crippen LogP) is 6.56. The smallest absolute Gasteiger partial charge is 0.0954 e. The molecule has 1 atom stereocenters. The Morgan fingerprint density at radius 2 is 1.96 bits per heavy atom. The molecule has 2 aromatic heterocycles. The summed E-state index contributed by atoms with van der Waals surface area (Å²) in [6.07, 6.45) is 7.77. The zero-order valence-corrected chi connectivity index (χ0v) is 17.1. The van der Waals surface area contributed by atoms with Crippen LogP contribution in [0, 0.1) is 0 Å². The molecule has 4 rings (SSSR count). The first-order valence-electron chi connectivity index (χ1n) is 8.29. The van der Waals surface area contributed by atoms with Crippen molar-refractivity contribution in [1.29, 1.82) is 0 Å². The molecule has 0 radical (unpaired) electrons. The largest absolute Gasteiger partial charge is 0.347 e. The minimum Gasteiger partial charge on any atom is -0.347 e. The summed E-state index contributed by atoms with van der Waals surface area (Å²) in [6, 6.07) is 11.9. The van der Waals surface area contributed by atoms with E-state index in [-0.39, 0.29) is 6.04 Å². The van der Waals surface area contributed by atoms with E-state index in [1.54, 1.807) is 12.3 Å². The minimum atomic E-state index is -0.0909. The molecule has 0 bridgehead atoms. The Labute approximate surface area is 170 Å². The summed E-state index contributed by atoms with van der Waals surface area (Å²) in [5.74, 6) is 0. The number of hydrogen-bond acceptors (Lipinski definition) is 1. The van der Waals surface area contributed by atoms with Crippen molar-refractivity contribution in [2.24, 2.45) is 0 Å². The quantitative estimate of drug-likeness (QED) is 0.346. The van der Waals surface area contributed by atoms with Crippen LogP contribution in [0.25, 0.3) is 10.9 Å². The van der Waals surface area contributed by atoms with Crippen LogP contribution < -0.4 is 0 Å². The third-order valence-corrected chi connectivity index (χ3v) is 5.65. The van der Waals surface area contributed by atoms with E-state index in [4.69, 9.17) is 23.2 Å². The SMILES string of the molecule is CCn1cc(C(c2ccc(Cl)cc2Cl)n2ccnc2)c2cc(Br)ccc21.